The summed E-state index contributed by atoms with van der Waals surface area (Å²) >= 11 is 12.0. The van der Waals surface area contributed by atoms with Crippen LogP contribution in [0.4, 0.5) is 0 Å². The Kier molecular flexibility index (Phi) is 4.72. The Morgan fingerprint density at radius 3 is 1.89 bits per heavy atom. The molecule has 0 aliphatic rings. The van der Waals surface area contributed by atoms with Gasteiger partial charge in [-0.15, -0.1) is 0 Å². The normalized spacial score (nSPS) is 15.7. The van der Waals surface area contributed by atoms with Gasteiger partial charge in [0.15, 0.2) is 0 Å². The summed E-state index contributed by atoms with van der Waals surface area (Å²) in [4.78, 5) is 0. The first-order valence-corrected chi connectivity index (χ1v) is 5.19. The van der Waals surface area contributed by atoms with Gasteiger partial charge in [0.25, 0.3) is 0 Å². The van der Waals surface area contributed by atoms with Gasteiger partial charge in [0, 0.05) is 16.1 Å². The van der Waals surface area contributed by atoms with Crippen LogP contribution in [0, 0.1) is 5.41 Å². The molecule has 1 N–H and O–H groups in total. The maximum Gasteiger partial charge on any atom is 0.134 e. The Bertz CT molecular complexity index is 83.0. The largest absolute Gasteiger partial charge is 0.377 e. The molecule has 0 saturated heterocycles. The number of hydrogen-bond donors (Lipinski definition) is 1. The molecule has 0 aromatic carbocycles. The quantitative estimate of drug-likeness (QED) is 0.787. The van der Waals surface area contributed by atoms with Crippen molar-refractivity contribution >= 4 is 43.5 Å². The van der Waals surface area contributed by atoms with Crippen molar-refractivity contribution in [3.05, 3.63) is 0 Å². The van der Waals surface area contributed by atoms with E-state index in [-0.39, 0.29) is 5.41 Å². The number of rotatable bonds is 3. The van der Waals surface area contributed by atoms with Crippen molar-refractivity contribution in [1.82, 2.24) is 0 Å². The van der Waals surface area contributed by atoms with E-state index >= 15 is 0 Å². The molecule has 56 valence electrons. The molecule has 0 rings (SSSR count). The van der Waals surface area contributed by atoms with Gasteiger partial charge >= 0.3 is 0 Å². The minimum atomic E-state index is -0.795. The average molecular weight is 280 g/mol. The molecule has 0 amide bonds. The molecule has 9 heavy (non-hydrogen) atoms. The minimum Gasteiger partial charge on any atom is -0.377 e. The number of aliphatic hydroxyl groups excluding tert-OH is 1. The maximum atomic E-state index is 8.98. The Morgan fingerprint density at radius 2 is 1.89 bits per heavy atom. The van der Waals surface area contributed by atoms with Crippen LogP contribution < -0.4 is 0 Å². The highest BCUT2D eigenvalue weighted by Gasteiger charge is 2.28. The molecule has 0 heterocycles. The molecule has 4 heteroatoms. The Labute approximate surface area is 77.0 Å². The lowest BCUT2D eigenvalue weighted by Crippen LogP contribution is -2.31. The molecule has 1 nitrogen and oxygen atoms in total. The highest BCUT2D eigenvalue weighted by Crippen LogP contribution is 2.28. The van der Waals surface area contributed by atoms with Crippen LogP contribution in [0.25, 0.3) is 0 Å². The van der Waals surface area contributed by atoms with Crippen LogP contribution in [0.15, 0.2) is 0 Å². The number of alkyl halides is 3. The van der Waals surface area contributed by atoms with Gasteiger partial charge in [0.1, 0.15) is 5.56 Å². The SMILES string of the molecule is CC(CBr)(CBr)C(O)Cl. The third-order valence-electron chi connectivity index (χ3n) is 1.19. The van der Waals surface area contributed by atoms with Crippen LogP contribution >= 0.6 is 43.5 Å². The number of halogens is 3. The zero-order valence-corrected chi connectivity index (χ0v) is 9.00. The molecule has 1 unspecified atom stereocenters. The smallest absolute Gasteiger partial charge is 0.134 e. The first kappa shape index (κ1) is 10.2. The van der Waals surface area contributed by atoms with E-state index in [9.17, 15) is 0 Å². The molecule has 0 aromatic rings. The lowest BCUT2D eigenvalue weighted by atomic mass is 9.98. The van der Waals surface area contributed by atoms with Crippen LogP contribution in [0.3, 0.4) is 0 Å². The highest BCUT2D eigenvalue weighted by molar-refractivity contribution is 9.09. The summed E-state index contributed by atoms with van der Waals surface area (Å²) in [5.41, 5.74) is -1.06. The van der Waals surface area contributed by atoms with Gasteiger partial charge in [-0.25, -0.2) is 0 Å². The van der Waals surface area contributed by atoms with Gasteiger partial charge in [-0.2, -0.15) is 0 Å². The zero-order valence-electron chi connectivity index (χ0n) is 5.07. The second-order valence-corrected chi connectivity index (χ2v) is 3.79. The molecular weight excluding hydrogens is 271 g/mol. The van der Waals surface area contributed by atoms with Crippen LogP contribution in [0.5, 0.6) is 0 Å². The van der Waals surface area contributed by atoms with Gasteiger partial charge in [-0.1, -0.05) is 50.4 Å². The van der Waals surface area contributed by atoms with E-state index in [0.29, 0.717) is 10.7 Å². The monoisotopic (exact) mass is 278 g/mol. The van der Waals surface area contributed by atoms with Crippen LogP contribution in [0.1, 0.15) is 6.92 Å². The van der Waals surface area contributed by atoms with E-state index in [1.165, 1.54) is 0 Å². The zero-order chi connectivity index (χ0) is 7.49. The Morgan fingerprint density at radius 1 is 1.56 bits per heavy atom. The third-order valence-corrected chi connectivity index (χ3v) is 4.27. The van der Waals surface area contributed by atoms with E-state index in [1.54, 1.807) is 0 Å². The molecule has 0 bridgehead atoms. The molecule has 1 atom stereocenters. The molecule has 0 radical (unpaired) electrons. The maximum absolute atomic E-state index is 8.98. The summed E-state index contributed by atoms with van der Waals surface area (Å²) in [6, 6.07) is 0. The summed E-state index contributed by atoms with van der Waals surface area (Å²) in [7, 11) is 0. The van der Waals surface area contributed by atoms with Crippen molar-refractivity contribution in [2.45, 2.75) is 12.5 Å². The fraction of sp³-hybridized carbons (Fsp3) is 1.00. The predicted octanol–water partition coefficient (Wildman–Crippen LogP) is 2.34. The van der Waals surface area contributed by atoms with Crippen LogP contribution in [-0.4, -0.2) is 21.3 Å². The van der Waals surface area contributed by atoms with Crippen LogP contribution in [0.2, 0.25) is 0 Å². The molecular formula is C5H9Br2ClO. The summed E-state index contributed by atoms with van der Waals surface area (Å²) in [6.07, 6.45) is 0. The summed E-state index contributed by atoms with van der Waals surface area (Å²) in [6.45, 7) is 1.90. The van der Waals surface area contributed by atoms with Crippen molar-refractivity contribution in [3.8, 4) is 0 Å². The van der Waals surface area contributed by atoms with Gasteiger partial charge in [-0.05, 0) is 0 Å². The van der Waals surface area contributed by atoms with E-state index in [1.807, 2.05) is 6.92 Å². The molecule has 0 aromatic heterocycles. The topological polar surface area (TPSA) is 20.2 Å². The molecule has 0 aliphatic carbocycles. The van der Waals surface area contributed by atoms with E-state index < -0.39 is 5.56 Å². The lowest BCUT2D eigenvalue weighted by molar-refractivity contribution is 0.145. The molecule has 0 aliphatic heterocycles. The van der Waals surface area contributed by atoms with Crippen LogP contribution in [-0.2, 0) is 0 Å². The molecule has 0 spiro atoms. The molecule has 0 saturated carbocycles. The second kappa shape index (κ2) is 4.16. The van der Waals surface area contributed by atoms with Gasteiger partial charge in [-0.3, -0.25) is 0 Å². The summed E-state index contributed by atoms with van der Waals surface area (Å²) < 4.78 is 0. The predicted molar refractivity (Wildman–Crippen MR) is 47.6 cm³/mol. The summed E-state index contributed by atoms with van der Waals surface area (Å²) in [5.74, 6) is 0. The van der Waals surface area contributed by atoms with Crippen molar-refractivity contribution in [2.24, 2.45) is 5.41 Å². The highest BCUT2D eigenvalue weighted by atomic mass is 79.9. The van der Waals surface area contributed by atoms with Gasteiger partial charge in [0.2, 0.25) is 0 Å². The first-order chi connectivity index (χ1) is 4.06. The standard InChI is InChI=1S/C5H9Br2ClO/c1-5(2-6,3-7)4(8)9/h4,9H,2-3H2,1H3. The van der Waals surface area contributed by atoms with E-state index in [0.717, 1.165) is 0 Å². The summed E-state index contributed by atoms with van der Waals surface area (Å²) in [5, 5.41) is 10.4. The fourth-order valence-electron chi connectivity index (χ4n) is 0.163. The van der Waals surface area contributed by atoms with Gasteiger partial charge < -0.3 is 5.11 Å². The lowest BCUT2D eigenvalue weighted by Gasteiger charge is -2.25. The van der Waals surface area contributed by atoms with Crippen molar-refractivity contribution in [3.63, 3.8) is 0 Å². The average Bonchev–Trinajstić information content (AvgIpc) is 1.86. The van der Waals surface area contributed by atoms with E-state index in [2.05, 4.69) is 31.9 Å². The Balaban J connectivity index is 3.92. The molecule has 0 fully saturated rings. The first-order valence-electron chi connectivity index (χ1n) is 2.51. The van der Waals surface area contributed by atoms with E-state index in [4.69, 9.17) is 16.7 Å². The third kappa shape index (κ3) is 2.74. The number of aliphatic hydroxyl groups is 1. The fourth-order valence-corrected chi connectivity index (χ4v) is 2.23. The van der Waals surface area contributed by atoms with Crippen molar-refractivity contribution < 1.29 is 5.11 Å². The second-order valence-electron chi connectivity index (χ2n) is 2.26. The van der Waals surface area contributed by atoms with Gasteiger partial charge in [0.05, 0.1) is 0 Å². The Hall–Kier alpha value is 1.21. The van der Waals surface area contributed by atoms with Crippen molar-refractivity contribution in [2.75, 3.05) is 10.7 Å². The minimum absolute atomic E-state index is 0.262. The number of hydrogen-bond acceptors (Lipinski definition) is 1. The van der Waals surface area contributed by atoms with Crippen molar-refractivity contribution in [1.29, 1.82) is 0 Å².